The van der Waals surface area contributed by atoms with Crippen molar-refractivity contribution in [1.29, 1.82) is 0 Å². The highest BCUT2D eigenvalue weighted by Gasteiger charge is 2.03. The zero-order chi connectivity index (χ0) is 9.97. The molecule has 0 aliphatic rings. The van der Waals surface area contributed by atoms with E-state index in [1.807, 2.05) is 24.3 Å². The number of nitrogen functional groups attached to an aromatic ring is 1. The fourth-order valence-corrected chi connectivity index (χ4v) is 1.47. The summed E-state index contributed by atoms with van der Waals surface area (Å²) < 4.78 is 0. The molecule has 3 nitrogen and oxygen atoms in total. The molecule has 0 aliphatic heterocycles. The molecule has 0 saturated carbocycles. The third-order valence-corrected chi connectivity index (χ3v) is 2.16. The molecule has 0 amide bonds. The molecule has 0 saturated heterocycles. The molecule has 0 atom stereocenters. The number of nitrogens with two attached hydrogens (primary N) is 1. The van der Waals surface area contributed by atoms with Crippen molar-refractivity contribution in [2.75, 3.05) is 5.73 Å². The number of aromatic nitrogens is 2. The molecular formula is C11H13N3. The second-order valence-electron chi connectivity index (χ2n) is 3.29. The Bertz CT molecular complexity index is 451. The third-order valence-electron chi connectivity index (χ3n) is 2.16. The summed E-state index contributed by atoms with van der Waals surface area (Å²) in [6.45, 7) is 2.11. The van der Waals surface area contributed by atoms with Gasteiger partial charge in [0.1, 0.15) is 5.82 Å². The van der Waals surface area contributed by atoms with Gasteiger partial charge in [-0.1, -0.05) is 25.5 Å². The van der Waals surface area contributed by atoms with E-state index in [1.165, 1.54) is 0 Å². The van der Waals surface area contributed by atoms with Gasteiger partial charge >= 0.3 is 0 Å². The smallest absolute Gasteiger partial charge is 0.145 e. The van der Waals surface area contributed by atoms with Crippen LogP contribution in [0.1, 0.15) is 19.0 Å². The van der Waals surface area contributed by atoms with Gasteiger partial charge < -0.3 is 5.73 Å². The molecule has 2 aromatic rings. The number of nitrogens with zero attached hydrogens (tertiary/aromatic N) is 2. The van der Waals surface area contributed by atoms with Crippen LogP contribution in [0.2, 0.25) is 0 Å². The molecule has 0 radical (unpaired) electrons. The number of hydrogen-bond acceptors (Lipinski definition) is 3. The Kier molecular flexibility index (Phi) is 2.31. The standard InChI is InChI=1S/C11H13N3/c1-2-5-10-11(12)14-9-7-4-3-6-8(9)13-10/h3-4,6-7H,2,5H2,1H3,(H2,12,14). The minimum Gasteiger partial charge on any atom is -0.382 e. The van der Waals surface area contributed by atoms with Crippen LogP contribution in [0.5, 0.6) is 0 Å². The maximum Gasteiger partial charge on any atom is 0.145 e. The lowest BCUT2D eigenvalue weighted by Crippen LogP contribution is -2.01. The van der Waals surface area contributed by atoms with Crippen LogP contribution in [-0.2, 0) is 6.42 Å². The number of hydrogen-bond donors (Lipinski definition) is 1. The first-order chi connectivity index (χ1) is 6.81. The summed E-state index contributed by atoms with van der Waals surface area (Å²) in [6, 6.07) is 7.79. The summed E-state index contributed by atoms with van der Waals surface area (Å²) >= 11 is 0. The average molecular weight is 187 g/mol. The molecule has 1 heterocycles. The Morgan fingerprint density at radius 3 is 2.43 bits per heavy atom. The van der Waals surface area contributed by atoms with Crippen molar-refractivity contribution in [1.82, 2.24) is 9.97 Å². The Morgan fingerprint density at radius 2 is 1.79 bits per heavy atom. The normalized spacial score (nSPS) is 10.6. The summed E-state index contributed by atoms with van der Waals surface area (Å²) in [5.41, 5.74) is 8.49. The van der Waals surface area contributed by atoms with Gasteiger partial charge in [-0.3, -0.25) is 0 Å². The van der Waals surface area contributed by atoms with E-state index in [2.05, 4.69) is 16.9 Å². The van der Waals surface area contributed by atoms with Gasteiger partial charge in [-0.2, -0.15) is 0 Å². The predicted molar refractivity (Wildman–Crippen MR) is 57.9 cm³/mol. The van der Waals surface area contributed by atoms with Gasteiger partial charge in [-0.05, 0) is 18.6 Å². The fourth-order valence-electron chi connectivity index (χ4n) is 1.47. The highest BCUT2D eigenvalue weighted by atomic mass is 14.9. The van der Waals surface area contributed by atoms with E-state index in [1.54, 1.807) is 0 Å². The van der Waals surface area contributed by atoms with Crippen molar-refractivity contribution in [2.24, 2.45) is 0 Å². The van der Waals surface area contributed by atoms with Crippen LogP contribution in [0, 0.1) is 0 Å². The Hall–Kier alpha value is -1.64. The summed E-state index contributed by atoms with van der Waals surface area (Å²) in [6.07, 6.45) is 1.93. The highest BCUT2D eigenvalue weighted by molar-refractivity contribution is 5.75. The zero-order valence-corrected chi connectivity index (χ0v) is 8.20. The maximum atomic E-state index is 5.80. The lowest BCUT2D eigenvalue weighted by molar-refractivity contribution is 0.886. The lowest BCUT2D eigenvalue weighted by atomic mass is 10.2. The molecule has 0 aliphatic carbocycles. The van der Waals surface area contributed by atoms with Crippen molar-refractivity contribution in [2.45, 2.75) is 19.8 Å². The molecule has 1 aromatic carbocycles. The van der Waals surface area contributed by atoms with Crippen LogP contribution in [-0.4, -0.2) is 9.97 Å². The highest BCUT2D eigenvalue weighted by Crippen LogP contribution is 2.15. The Balaban J connectivity index is 2.59. The molecule has 2 rings (SSSR count). The zero-order valence-electron chi connectivity index (χ0n) is 8.20. The van der Waals surface area contributed by atoms with Crippen LogP contribution in [0.25, 0.3) is 11.0 Å². The number of aryl methyl sites for hydroxylation is 1. The second kappa shape index (κ2) is 3.62. The van der Waals surface area contributed by atoms with E-state index < -0.39 is 0 Å². The lowest BCUT2D eigenvalue weighted by Gasteiger charge is -2.04. The molecule has 1 aromatic heterocycles. The van der Waals surface area contributed by atoms with Crippen LogP contribution < -0.4 is 5.73 Å². The van der Waals surface area contributed by atoms with Gasteiger partial charge in [0.2, 0.25) is 0 Å². The largest absolute Gasteiger partial charge is 0.382 e. The predicted octanol–water partition coefficient (Wildman–Crippen LogP) is 2.16. The summed E-state index contributed by atoms with van der Waals surface area (Å²) in [5, 5.41) is 0. The molecule has 0 unspecified atom stereocenters. The molecular weight excluding hydrogens is 174 g/mol. The van der Waals surface area contributed by atoms with Crippen molar-refractivity contribution in [3.8, 4) is 0 Å². The van der Waals surface area contributed by atoms with Crippen LogP contribution in [0.4, 0.5) is 5.82 Å². The van der Waals surface area contributed by atoms with E-state index in [0.29, 0.717) is 5.82 Å². The SMILES string of the molecule is CCCc1nc2ccccc2nc1N. The number of benzene rings is 1. The van der Waals surface area contributed by atoms with E-state index in [4.69, 9.17) is 5.73 Å². The molecule has 3 heteroatoms. The monoisotopic (exact) mass is 187 g/mol. The van der Waals surface area contributed by atoms with E-state index in [-0.39, 0.29) is 0 Å². The van der Waals surface area contributed by atoms with Crippen LogP contribution in [0.3, 0.4) is 0 Å². The number of para-hydroxylation sites is 2. The quantitative estimate of drug-likeness (QED) is 0.783. The first kappa shape index (κ1) is 8.94. The van der Waals surface area contributed by atoms with E-state index in [0.717, 1.165) is 29.6 Å². The Labute approximate surface area is 83.0 Å². The maximum absolute atomic E-state index is 5.80. The first-order valence-electron chi connectivity index (χ1n) is 4.82. The third kappa shape index (κ3) is 1.53. The fraction of sp³-hybridized carbons (Fsp3) is 0.273. The molecule has 0 bridgehead atoms. The summed E-state index contributed by atoms with van der Waals surface area (Å²) in [4.78, 5) is 8.79. The minimum atomic E-state index is 0.561. The first-order valence-corrected chi connectivity index (χ1v) is 4.82. The van der Waals surface area contributed by atoms with E-state index in [9.17, 15) is 0 Å². The number of rotatable bonds is 2. The van der Waals surface area contributed by atoms with Gasteiger partial charge in [0, 0.05) is 0 Å². The molecule has 0 spiro atoms. The van der Waals surface area contributed by atoms with Gasteiger partial charge in [-0.15, -0.1) is 0 Å². The van der Waals surface area contributed by atoms with Crippen LogP contribution in [0.15, 0.2) is 24.3 Å². The Morgan fingerprint density at radius 1 is 1.14 bits per heavy atom. The molecule has 72 valence electrons. The second-order valence-corrected chi connectivity index (χ2v) is 3.29. The van der Waals surface area contributed by atoms with Crippen molar-refractivity contribution < 1.29 is 0 Å². The van der Waals surface area contributed by atoms with Crippen LogP contribution >= 0.6 is 0 Å². The topological polar surface area (TPSA) is 51.8 Å². The van der Waals surface area contributed by atoms with Gasteiger partial charge in [0.15, 0.2) is 0 Å². The molecule has 0 fully saturated rings. The summed E-state index contributed by atoms with van der Waals surface area (Å²) in [7, 11) is 0. The van der Waals surface area contributed by atoms with Gasteiger partial charge in [0.05, 0.1) is 16.7 Å². The molecule has 2 N–H and O–H groups in total. The van der Waals surface area contributed by atoms with Crippen molar-refractivity contribution >= 4 is 16.9 Å². The average Bonchev–Trinajstić information content (AvgIpc) is 2.19. The van der Waals surface area contributed by atoms with E-state index >= 15 is 0 Å². The molecule has 14 heavy (non-hydrogen) atoms. The number of fused-ring (bicyclic) bond motifs is 1. The van der Waals surface area contributed by atoms with Gasteiger partial charge in [-0.25, -0.2) is 9.97 Å². The number of anilines is 1. The summed E-state index contributed by atoms with van der Waals surface area (Å²) in [5.74, 6) is 0.561. The van der Waals surface area contributed by atoms with Crippen molar-refractivity contribution in [3.63, 3.8) is 0 Å². The van der Waals surface area contributed by atoms with Crippen molar-refractivity contribution in [3.05, 3.63) is 30.0 Å². The minimum absolute atomic E-state index is 0.561. The van der Waals surface area contributed by atoms with Gasteiger partial charge in [0.25, 0.3) is 0 Å².